The van der Waals surface area contributed by atoms with Crippen LogP contribution >= 0.6 is 0 Å². The first kappa shape index (κ1) is 18.1. The molecule has 1 aromatic rings. The van der Waals surface area contributed by atoms with Crippen molar-refractivity contribution in [1.82, 2.24) is 4.72 Å². The summed E-state index contributed by atoms with van der Waals surface area (Å²) in [6.45, 7) is 10.4. The maximum absolute atomic E-state index is 12.6. The highest BCUT2D eigenvalue weighted by molar-refractivity contribution is 7.89. The van der Waals surface area contributed by atoms with Crippen molar-refractivity contribution in [1.29, 1.82) is 0 Å². The molecule has 21 heavy (non-hydrogen) atoms. The molecule has 4 nitrogen and oxygen atoms in total. The van der Waals surface area contributed by atoms with E-state index >= 15 is 0 Å². The maximum Gasteiger partial charge on any atom is 0.240 e. The van der Waals surface area contributed by atoms with Gasteiger partial charge in [0.2, 0.25) is 10.0 Å². The lowest BCUT2D eigenvalue weighted by Gasteiger charge is -2.29. The molecule has 0 aliphatic heterocycles. The Morgan fingerprint density at radius 3 is 2.38 bits per heavy atom. The monoisotopic (exact) mass is 313 g/mol. The molecule has 0 aliphatic rings. The molecule has 0 bridgehead atoms. The van der Waals surface area contributed by atoms with E-state index in [1.54, 1.807) is 18.2 Å². The number of benzene rings is 1. The molecule has 0 radical (unpaired) electrons. The minimum atomic E-state index is -3.56. The van der Waals surface area contributed by atoms with E-state index in [4.69, 9.17) is 0 Å². The van der Waals surface area contributed by atoms with E-state index in [0.29, 0.717) is 24.4 Å². The number of nitrogens with one attached hydrogen (secondary N) is 1. The van der Waals surface area contributed by atoms with E-state index < -0.39 is 10.0 Å². The van der Waals surface area contributed by atoms with Gasteiger partial charge in [-0.1, -0.05) is 46.8 Å². The Morgan fingerprint density at radius 1 is 1.29 bits per heavy atom. The highest BCUT2D eigenvalue weighted by atomic mass is 32.2. The summed E-state index contributed by atoms with van der Waals surface area (Å²) in [5, 5.41) is 9.21. The highest BCUT2D eigenvalue weighted by Gasteiger charge is 2.26. The zero-order valence-corrected chi connectivity index (χ0v) is 14.4. The van der Waals surface area contributed by atoms with Gasteiger partial charge >= 0.3 is 0 Å². The van der Waals surface area contributed by atoms with Crippen LogP contribution < -0.4 is 4.72 Å². The van der Waals surface area contributed by atoms with E-state index in [2.05, 4.69) is 18.6 Å². The van der Waals surface area contributed by atoms with E-state index in [-0.39, 0.29) is 16.9 Å². The molecule has 0 saturated carbocycles. The summed E-state index contributed by atoms with van der Waals surface area (Å²) in [6, 6.07) is 5.09. The Labute approximate surface area is 128 Å². The molecule has 2 N–H and O–H groups in total. The van der Waals surface area contributed by atoms with Crippen LogP contribution in [0.1, 0.15) is 45.7 Å². The fraction of sp³-hybridized carbons (Fsp3) is 0.625. The lowest BCUT2D eigenvalue weighted by Crippen LogP contribution is -2.37. The molecule has 0 saturated heterocycles. The van der Waals surface area contributed by atoms with Crippen molar-refractivity contribution < 1.29 is 13.5 Å². The van der Waals surface area contributed by atoms with Crippen LogP contribution in [0.5, 0.6) is 0 Å². The quantitative estimate of drug-likeness (QED) is 0.813. The van der Waals surface area contributed by atoms with E-state index in [1.807, 2.05) is 20.8 Å². The fourth-order valence-corrected chi connectivity index (χ4v) is 3.38. The molecular weight excluding hydrogens is 286 g/mol. The van der Waals surface area contributed by atoms with Crippen molar-refractivity contribution in [2.45, 2.75) is 52.5 Å². The topological polar surface area (TPSA) is 66.4 Å². The summed E-state index contributed by atoms with van der Waals surface area (Å²) in [5.41, 5.74) is 1.26. The summed E-state index contributed by atoms with van der Waals surface area (Å²) >= 11 is 0. The number of hydrogen-bond donors (Lipinski definition) is 2. The summed E-state index contributed by atoms with van der Waals surface area (Å²) in [5.74, 6) is 0.370. The largest absolute Gasteiger partial charge is 0.392 e. The van der Waals surface area contributed by atoms with Crippen LogP contribution in [0.25, 0.3) is 0 Å². The van der Waals surface area contributed by atoms with Gasteiger partial charge in [0.1, 0.15) is 0 Å². The number of hydrogen-bond acceptors (Lipinski definition) is 3. The first-order chi connectivity index (χ1) is 9.64. The Bertz CT molecular complexity index is 577. The molecule has 5 heteroatoms. The highest BCUT2D eigenvalue weighted by Crippen LogP contribution is 2.26. The molecule has 0 fully saturated rings. The van der Waals surface area contributed by atoms with E-state index in [9.17, 15) is 13.5 Å². The van der Waals surface area contributed by atoms with Gasteiger partial charge in [-0.15, -0.1) is 0 Å². The van der Waals surface area contributed by atoms with Crippen molar-refractivity contribution in [3.05, 3.63) is 29.3 Å². The third-order valence-corrected chi connectivity index (χ3v) is 5.75. The van der Waals surface area contributed by atoms with E-state index in [0.717, 1.165) is 5.56 Å². The summed E-state index contributed by atoms with van der Waals surface area (Å²) in [6.07, 6.45) is 0.634. The van der Waals surface area contributed by atoms with Crippen LogP contribution in [0, 0.1) is 11.3 Å². The van der Waals surface area contributed by atoms with E-state index in [1.165, 1.54) is 0 Å². The Balaban J connectivity index is 3.08. The third-order valence-electron chi connectivity index (χ3n) is 4.27. The molecule has 0 unspecified atom stereocenters. The summed E-state index contributed by atoms with van der Waals surface area (Å²) < 4.78 is 27.8. The van der Waals surface area contributed by atoms with Crippen molar-refractivity contribution >= 4 is 10.0 Å². The number of aliphatic hydroxyl groups is 1. The van der Waals surface area contributed by atoms with Crippen LogP contribution in [0.3, 0.4) is 0 Å². The number of rotatable bonds is 7. The van der Waals surface area contributed by atoms with Crippen molar-refractivity contribution in [3.8, 4) is 0 Å². The Hall–Kier alpha value is -0.910. The molecule has 1 rings (SSSR count). The minimum Gasteiger partial charge on any atom is -0.392 e. The molecule has 0 aromatic heterocycles. The average molecular weight is 313 g/mol. The zero-order valence-electron chi connectivity index (χ0n) is 13.6. The van der Waals surface area contributed by atoms with Gasteiger partial charge in [0.15, 0.2) is 0 Å². The SMILES string of the molecule is CCc1ccc(CO)cc1S(=O)(=O)NCC(C)(C)C(C)C. The van der Waals surface area contributed by atoms with Gasteiger partial charge in [0.25, 0.3) is 0 Å². The molecule has 0 atom stereocenters. The predicted octanol–water partition coefficient (Wildman–Crippen LogP) is 2.70. The first-order valence-corrected chi connectivity index (χ1v) is 8.84. The van der Waals surface area contributed by atoms with Gasteiger partial charge in [-0.3, -0.25) is 0 Å². The second-order valence-electron chi connectivity index (χ2n) is 6.42. The van der Waals surface area contributed by atoms with Crippen LogP contribution in [0.4, 0.5) is 0 Å². The van der Waals surface area contributed by atoms with Gasteiger partial charge in [0, 0.05) is 6.54 Å². The van der Waals surface area contributed by atoms with Gasteiger partial charge in [-0.05, 0) is 34.9 Å². The molecular formula is C16H27NO3S. The molecule has 0 heterocycles. The smallest absolute Gasteiger partial charge is 0.240 e. The van der Waals surface area contributed by atoms with Crippen LogP contribution in [0.15, 0.2) is 23.1 Å². The Kier molecular flexibility index (Phi) is 5.96. The summed E-state index contributed by atoms with van der Waals surface area (Å²) in [7, 11) is -3.56. The predicted molar refractivity (Wildman–Crippen MR) is 85.6 cm³/mol. The normalized spacial score (nSPS) is 12.9. The number of aryl methyl sites for hydroxylation is 1. The van der Waals surface area contributed by atoms with Crippen LogP contribution in [-0.4, -0.2) is 20.1 Å². The average Bonchev–Trinajstić information content (AvgIpc) is 2.44. The molecule has 0 amide bonds. The van der Waals surface area contributed by atoms with Crippen LogP contribution in [0.2, 0.25) is 0 Å². The first-order valence-electron chi connectivity index (χ1n) is 7.36. The van der Waals surface area contributed by atoms with Crippen molar-refractivity contribution in [2.24, 2.45) is 11.3 Å². The second kappa shape index (κ2) is 6.90. The van der Waals surface area contributed by atoms with Gasteiger partial charge in [-0.25, -0.2) is 13.1 Å². The van der Waals surface area contributed by atoms with Crippen molar-refractivity contribution in [2.75, 3.05) is 6.54 Å². The zero-order chi connectivity index (χ0) is 16.3. The number of aliphatic hydroxyl groups excluding tert-OH is 1. The van der Waals surface area contributed by atoms with Gasteiger partial charge in [0.05, 0.1) is 11.5 Å². The fourth-order valence-electron chi connectivity index (χ4n) is 1.80. The Morgan fingerprint density at radius 2 is 1.90 bits per heavy atom. The minimum absolute atomic E-state index is 0.117. The molecule has 0 aliphatic carbocycles. The third kappa shape index (κ3) is 4.53. The van der Waals surface area contributed by atoms with Crippen LogP contribution in [-0.2, 0) is 23.1 Å². The molecule has 0 spiro atoms. The molecule has 120 valence electrons. The van der Waals surface area contributed by atoms with Gasteiger partial charge < -0.3 is 5.11 Å². The van der Waals surface area contributed by atoms with Crippen molar-refractivity contribution in [3.63, 3.8) is 0 Å². The lowest BCUT2D eigenvalue weighted by molar-refractivity contribution is 0.252. The number of sulfonamides is 1. The molecule has 1 aromatic carbocycles. The lowest BCUT2D eigenvalue weighted by atomic mass is 9.81. The maximum atomic E-state index is 12.6. The standard InChI is InChI=1S/C16H27NO3S/c1-6-14-8-7-13(10-18)9-15(14)21(19,20)17-11-16(4,5)12(2)3/h7-9,12,17-18H,6,10-11H2,1-5H3. The summed E-state index contributed by atoms with van der Waals surface area (Å²) in [4.78, 5) is 0.274. The second-order valence-corrected chi connectivity index (χ2v) is 8.16. The van der Waals surface area contributed by atoms with Gasteiger partial charge in [-0.2, -0.15) is 0 Å².